The second kappa shape index (κ2) is 9.85. The van der Waals surface area contributed by atoms with Crippen LogP contribution in [0.4, 0.5) is 5.69 Å². The highest BCUT2D eigenvalue weighted by Gasteiger charge is 2.24. The number of hydrogen-bond donors (Lipinski definition) is 2. The molecule has 0 aliphatic heterocycles. The van der Waals surface area contributed by atoms with Gasteiger partial charge in [-0.05, 0) is 71.2 Å². The van der Waals surface area contributed by atoms with Crippen molar-refractivity contribution in [3.63, 3.8) is 0 Å². The Labute approximate surface area is 188 Å². The predicted molar refractivity (Wildman–Crippen MR) is 125 cm³/mol. The van der Waals surface area contributed by atoms with Gasteiger partial charge in [0, 0.05) is 46.9 Å². The number of nitrogens with zero attached hydrogens (tertiary/aromatic N) is 1. The molecule has 7 heteroatoms. The molecule has 0 bridgehead atoms. The summed E-state index contributed by atoms with van der Waals surface area (Å²) in [5.41, 5.74) is 4.80. The van der Waals surface area contributed by atoms with Gasteiger partial charge >= 0.3 is 5.97 Å². The Morgan fingerprint density at radius 2 is 1.84 bits per heavy atom. The van der Waals surface area contributed by atoms with Gasteiger partial charge in [0.2, 0.25) is 5.91 Å². The molecule has 170 valence electrons. The number of esters is 1. The van der Waals surface area contributed by atoms with E-state index in [1.54, 1.807) is 25.1 Å². The Morgan fingerprint density at radius 3 is 2.47 bits per heavy atom. The van der Waals surface area contributed by atoms with Gasteiger partial charge in [-0.15, -0.1) is 0 Å². The molecule has 1 aliphatic rings. The maximum absolute atomic E-state index is 12.7. The van der Waals surface area contributed by atoms with E-state index in [1.807, 2.05) is 38.3 Å². The Hall–Kier alpha value is -3.35. The molecule has 7 nitrogen and oxygen atoms in total. The first-order valence-electron chi connectivity index (χ1n) is 11.0. The van der Waals surface area contributed by atoms with E-state index in [4.69, 9.17) is 4.74 Å². The minimum atomic E-state index is -0.398. The number of benzene rings is 1. The molecule has 0 atom stereocenters. The third kappa shape index (κ3) is 5.10. The number of aryl methyl sites for hydroxylation is 1. The molecule has 0 spiro atoms. The summed E-state index contributed by atoms with van der Waals surface area (Å²) in [6.45, 7) is 10.4. The molecule has 32 heavy (non-hydrogen) atoms. The third-order valence-corrected chi connectivity index (χ3v) is 5.70. The van der Waals surface area contributed by atoms with E-state index >= 15 is 0 Å². The fourth-order valence-corrected chi connectivity index (χ4v) is 3.77. The lowest BCUT2D eigenvalue weighted by Crippen LogP contribution is -2.25. The van der Waals surface area contributed by atoms with Gasteiger partial charge in [0.1, 0.15) is 0 Å². The van der Waals surface area contributed by atoms with Crippen LogP contribution in [0.3, 0.4) is 0 Å². The molecule has 1 aromatic heterocycles. The zero-order chi connectivity index (χ0) is 23.4. The normalized spacial score (nSPS) is 13.3. The van der Waals surface area contributed by atoms with Gasteiger partial charge in [-0.3, -0.25) is 9.59 Å². The highest BCUT2D eigenvalue weighted by molar-refractivity contribution is 6.05. The molecule has 1 heterocycles. The largest absolute Gasteiger partial charge is 0.462 e. The van der Waals surface area contributed by atoms with Crippen LogP contribution in [0.1, 0.15) is 69.9 Å². The van der Waals surface area contributed by atoms with Crippen molar-refractivity contribution in [2.75, 3.05) is 11.9 Å². The SMILES string of the molecule is CCOC(=O)c1c(C=CC(=O)Nc2cc(C(=O)NC3CC3)ccc2C)c(C)n(CC)c1C. The number of nitrogens with one attached hydrogen (secondary N) is 2. The van der Waals surface area contributed by atoms with Crippen LogP contribution in [0.5, 0.6) is 0 Å². The van der Waals surface area contributed by atoms with Gasteiger partial charge in [0.25, 0.3) is 5.91 Å². The fraction of sp³-hybridized carbons (Fsp3) is 0.400. The maximum atomic E-state index is 12.7. The van der Waals surface area contributed by atoms with Crippen LogP contribution >= 0.6 is 0 Å². The van der Waals surface area contributed by atoms with Crippen LogP contribution in [-0.4, -0.2) is 35.0 Å². The van der Waals surface area contributed by atoms with Crippen LogP contribution in [-0.2, 0) is 16.1 Å². The molecule has 2 N–H and O–H groups in total. The molecular formula is C25H31N3O4. The van der Waals surface area contributed by atoms with Crippen molar-refractivity contribution in [3.8, 4) is 0 Å². The van der Waals surface area contributed by atoms with Crippen LogP contribution in [0, 0.1) is 20.8 Å². The Bertz CT molecular complexity index is 1080. The second-order valence-electron chi connectivity index (χ2n) is 8.02. The Morgan fingerprint density at radius 1 is 1.12 bits per heavy atom. The predicted octanol–water partition coefficient (Wildman–Crippen LogP) is 4.15. The van der Waals surface area contributed by atoms with E-state index in [0.717, 1.165) is 29.8 Å². The molecule has 3 rings (SSSR count). The third-order valence-electron chi connectivity index (χ3n) is 5.70. The number of aromatic nitrogens is 1. The lowest BCUT2D eigenvalue weighted by molar-refractivity contribution is -0.111. The Kier molecular flexibility index (Phi) is 7.18. The number of amides is 2. The topological polar surface area (TPSA) is 89.4 Å². The standard InChI is InChI=1S/C25H31N3O4/c1-6-28-16(4)20(23(17(28)5)25(31)32-7-2)12-13-22(29)27-21-14-18(9-8-15(21)3)24(30)26-19-10-11-19/h8-9,12-14,19H,6-7,10-11H2,1-5H3,(H,26,30)(H,27,29). The minimum Gasteiger partial charge on any atom is -0.462 e. The molecule has 0 unspecified atom stereocenters. The molecule has 1 aromatic carbocycles. The van der Waals surface area contributed by atoms with Crippen LogP contribution in [0.25, 0.3) is 6.08 Å². The van der Waals surface area contributed by atoms with Crippen LogP contribution < -0.4 is 10.6 Å². The first kappa shape index (κ1) is 23.3. The maximum Gasteiger partial charge on any atom is 0.340 e. The first-order valence-corrected chi connectivity index (χ1v) is 11.0. The monoisotopic (exact) mass is 437 g/mol. The van der Waals surface area contributed by atoms with Crippen LogP contribution in [0.2, 0.25) is 0 Å². The number of carbonyl (C=O) groups is 3. The molecular weight excluding hydrogens is 406 g/mol. The molecule has 2 amide bonds. The molecule has 1 saturated carbocycles. The number of anilines is 1. The van der Waals surface area contributed by atoms with Crippen molar-refractivity contribution in [1.82, 2.24) is 9.88 Å². The Balaban J connectivity index is 1.81. The summed E-state index contributed by atoms with van der Waals surface area (Å²) < 4.78 is 7.25. The summed E-state index contributed by atoms with van der Waals surface area (Å²) in [6.07, 6.45) is 5.08. The summed E-state index contributed by atoms with van der Waals surface area (Å²) >= 11 is 0. The van der Waals surface area contributed by atoms with Gasteiger partial charge in [0.15, 0.2) is 0 Å². The van der Waals surface area contributed by atoms with E-state index in [-0.39, 0.29) is 24.5 Å². The van der Waals surface area contributed by atoms with E-state index in [0.29, 0.717) is 28.9 Å². The van der Waals surface area contributed by atoms with Gasteiger partial charge in [-0.25, -0.2) is 4.79 Å². The fourth-order valence-electron chi connectivity index (χ4n) is 3.77. The van der Waals surface area contributed by atoms with Gasteiger partial charge in [-0.2, -0.15) is 0 Å². The van der Waals surface area contributed by atoms with E-state index < -0.39 is 5.97 Å². The number of ether oxygens (including phenoxy) is 1. The van der Waals surface area contributed by atoms with Crippen molar-refractivity contribution >= 4 is 29.5 Å². The minimum absolute atomic E-state index is 0.135. The van der Waals surface area contributed by atoms with Crippen molar-refractivity contribution in [1.29, 1.82) is 0 Å². The van der Waals surface area contributed by atoms with E-state index in [2.05, 4.69) is 10.6 Å². The van der Waals surface area contributed by atoms with Gasteiger partial charge < -0.3 is 19.9 Å². The number of carbonyl (C=O) groups excluding carboxylic acids is 3. The molecule has 0 saturated heterocycles. The number of hydrogen-bond acceptors (Lipinski definition) is 4. The van der Waals surface area contributed by atoms with Gasteiger partial charge in [0.05, 0.1) is 12.2 Å². The zero-order valence-electron chi connectivity index (χ0n) is 19.4. The van der Waals surface area contributed by atoms with Crippen LogP contribution in [0.15, 0.2) is 24.3 Å². The van der Waals surface area contributed by atoms with Crippen molar-refractivity contribution in [2.24, 2.45) is 0 Å². The smallest absolute Gasteiger partial charge is 0.340 e. The number of rotatable bonds is 8. The quantitative estimate of drug-likeness (QED) is 0.479. The zero-order valence-corrected chi connectivity index (χ0v) is 19.4. The highest BCUT2D eigenvalue weighted by atomic mass is 16.5. The highest BCUT2D eigenvalue weighted by Crippen LogP contribution is 2.25. The lowest BCUT2D eigenvalue weighted by Gasteiger charge is -2.10. The summed E-state index contributed by atoms with van der Waals surface area (Å²) in [5, 5.41) is 5.80. The van der Waals surface area contributed by atoms with Gasteiger partial charge in [-0.1, -0.05) is 6.07 Å². The lowest BCUT2D eigenvalue weighted by atomic mass is 10.1. The molecule has 2 aromatic rings. The first-order chi connectivity index (χ1) is 15.3. The molecule has 0 radical (unpaired) electrons. The van der Waals surface area contributed by atoms with Crippen molar-refractivity contribution in [2.45, 2.75) is 60.0 Å². The van der Waals surface area contributed by atoms with Crippen molar-refractivity contribution < 1.29 is 19.1 Å². The summed E-state index contributed by atoms with van der Waals surface area (Å²) in [4.78, 5) is 37.5. The second-order valence-corrected chi connectivity index (χ2v) is 8.02. The van der Waals surface area contributed by atoms with E-state index in [1.165, 1.54) is 6.08 Å². The summed E-state index contributed by atoms with van der Waals surface area (Å²) in [6, 6.07) is 5.52. The average Bonchev–Trinajstić information content (AvgIpc) is 3.52. The van der Waals surface area contributed by atoms with Crippen molar-refractivity contribution in [3.05, 3.63) is 57.9 Å². The average molecular weight is 438 g/mol. The molecule has 1 aliphatic carbocycles. The summed E-state index contributed by atoms with van der Waals surface area (Å²) in [7, 11) is 0. The van der Waals surface area contributed by atoms with E-state index in [9.17, 15) is 14.4 Å². The summed E-state index contributed by atoms with van der Waals surface area (Å²) in [5.74, 6) is -0.876. The molecule has 1 fully saturated rings.